The molecule has 7 heteroatoms. The standard InChI is InChI=1S/C22H24F3NO3/c1-29-21(28)11-16-10-18(17-4-8-20(27)9-5-17)14-26(13-16)12-15-2-6-19(7-3-15)22(23,24)25/h2-9,16,18,27H,10-14H2,1H3. The van der Waals surface area contributed by atoms with E-state index in [1.54, 1.807) is 12.1 Å². The first-order valence-electron chi connectivity index (χ1n) is 9.49. The lowest BCUT2D eigenvalue weighted by atomic mass is 9.83. The molecular formula is C22H24F3NO3. The molecule has 1 saturated heterocycles. The number of aromatic hydroxyl groups is 1. The summed E-state index contributed by atoms with van der Waals surface area (Å²) < 4.78 is 43.2. The second-order valence-electron chi connectivity index (χ2n) is 7.56. The van der Waals surface area contributed by atoms with Gasteiger partial charge < -0.3 is 9.84 Å². The van der Waals surface area contributed by atoms with E-state index in [0.29, 0.717) is 19.5 Å². The maximum Gasteiger partial charge on any atom is 0.416 e. The van der Waals surface area contributed by atoms with E-state index in [9.17, 15) is 23.1 Å². The largest absolute Gasteiger partial charge is 0.508 e. The zero-order valence-corrected chi connectivity index (χ0v) is 16.2. The Bertz CT molecular complexity index is 819. The third kappa shape index (κ3) is 5.73. The van der Waals surface area contributed by atoms with E-state index in [1.807, 2.05) is 12.1 Å². The summed E-state index contributed by atoms with van der Waals surface area (Å²) in [5.74, 6) is 0.172. The van der Waals surface area contributed by atoms with Gasteiger partial charge in [-0.25, -0.2) is 0 Å². The quantitative estimate of drug-likeness (QED) is 0.738. The molecular weight excluding hydrogens is 383 g/mol. The van der Waals surface area contributed by atoms with Gasteiger partial charge in [0.15, 0.2) is 0 Å². The number of phenols is 1. The second kappa shape index (κ2) is 8.86. The van der Waals surface area contributed by atoms with Crippen molar-refractivity contribution < 1.29 is 27.8 Å². The number of piperidine rings is 1. The number of ether oxygens (including phenoxy) is 1. The van der Waals surface area contributed by atoms with Crippen LogP contribution in [0, 0.1) is 5.92 Å². The number of rotatable bonds is 5. The molecule has 0 radical (unpaired) electrons. The van der Waals surface area contributed by atoms with E-state index < -0.39 is 11.7 Å². The van der Waals surface area contributed by atoms with E-state index >= 15 is 0 Å². The molecule has 0 bridgehead atoms. The SMILES string of the molecule is COC(=O)CC1CC(c2ccc(O)cc2)CN(Cc2ccc(C(F)(F)F)cc2)C1. The van der Waals surface area contributed by atoms with Crippen molar-refractivity contribution in [1.29, 1.82) is 0 Å². The minimum atomic E-state index is -4.35. The lowest BCUT2D eigenvalue weighted by Crippen LogP contribution is -2.40. The molecule has 2 aromatic rings. The molecule has 2 aromatic carbocycles. The maximum atomic E-state index is 12.8. The molecule has 2 atom stereocenters. The number of nitrogens with zero attached hydrogens (tertiary/aromatic N) is 1. The number of esters is 1. The number of phenolic OH excluding ortho intramolecular Hbond substituents is 1. The fraction of sp³-hybridized carbons (Fsp3) is 0.409. The first-order valence-corrected chi connectivity index (χ1v) is 9.49. The van der Waals surface area contributed by atoms with Crippen LogP contribution in [0.1, 0.15) is 35.4 Å². The van der Waals surface area contributed by atoms with Crippen LogP contribution < -0.4 is 0 Å². The van der Waals surface area contributed by atoms with Crippen molar-refractivity contribution >= 4 is 5.97 Å². The Morgan fingerprint density at radius 2 is 1.76 bits per heavy atom. The van der Waals surface area contributed by atoms with Crippen molar-refractivity contribution in [3.63, 3.8) is 0 Å². The van der Waals surface area contributed by atoms with E-state index in [0.717, 1.165) is 36.2 Å². The molecule has 0 amide bonds. The molecule has 156 valence electrons. The Kier molecular flexibility index (Phi) is 6.47. The summed E-state index contributed by atoms with van der Waals surface area (Å²) in [6.07, 6.45) is -3.24. The van der Waals surface area contributed by atoms with Crippen LogP contribution >= 0.6 is 0 Å². The van der Waals surface area contributed by atoms with E-state index in [1.165, 1.54) is 19.2 Å². The lowest BCUT2D eigenvalue weighted by molar-refractivity contribution is -0.142. The number of halogens is 3. The van der Waals surface area contributed by atoms with Gasteiger partial charge in [-0.2, -0.15) is 13.2 Å². The van der Waals surface area contributed by atoms with Gasteiger partial charge in [-0.15, -0.1) is 0 Å². The van der Waals surface area contributed by atoms with Gasteiger partial charge in [-0.05, 0) is 53.6 Å². The van der Waals surface area contributed by atoms with Gasteiger partial charge in [0.25, 0.3) is 0 Å². The second-order valence-corrected chi connectivity index (χ2v) is 7.56. The zero-order valence-electron chi connectivity index (χ0n) is 16.2. The predicted molar refractivity (Wildman–Crippen MR) is 102 cm³/mol. The predicted octanol–water partition coefficient (Wildman–Crippen LogP) is 4.58. The van der Waals surface area contributed by atoms with Crippen molar-refractivity contribution in [2.24, 2.45) is 5.92 Å². The normalized spacial score (nSPS) is 20.4. The van der Waals surface area contributed by atoms with Crippen LogP contribution in [0.5, 0.6) is 5.75 Å². The Labute approximate surface area is 167 Å². The number of likely N-dealkylation sites (tertiary alicyclic amines) is 1. The maximum absolute atomic E-state index is 12.8. The highest BCUT2D eigenvalue weighted by molar-refractivity contribution is 5.69. The number of hydrogen-bond donors (Lipinski definition) is 1. The highest BCUT2D eigenvalue weighted by atomic mass is 19.4. The molecule has 29 heavy (non-hydrogen) atoms. The summed E-state index contributed by atoms with van der Waals surface area (Å²) in [6.45, 7) is 1.90. The highest BCUT2D eigenvalue weighted by Gasteiger charge is 2.31. The summed E-state index contributed by atoms with van der Waals surface area (Å²) in [6, 6.07) is 12.2. The van der Waals surface area contributed by atoms with Crippen molar-refractivity contribution in [3.8, 4) is 5.75 Å². The van der Waals surface area contributed by atoms with Gasteiger partial charge in [-0.1, -0.05) is 24.3 Å². The number of methoxy groups -OCH3 is 1. The van der Waals surface area contributed by atoms with Crippen molar-refractivity contribution in [2.75, 3.05) is 20.2 Å². The smallest absolute Gasteiger partial charge is 0.416 e. The Hall–Kier alpha value is -2.54. The molecule has 1 N–H and O–H groups in total. The van der Waals surface area contributed by atoms with Crippen molar-refractivity contribution in [1.82, 2.24) is 4.90 Å². The third-order valence-corrected chi connectivity index (χ3v) is 5.35. The molecule has 2 unspecified atom stereocenters. The Morgan fingerprint density at radius 1 is 1.10 bits per heavy atom. The van der Waals surface area contributed by atoms with Crippen molar-refractivity contribution in [3.05, 3.63) is 65.2 Å². The topological polar surface area (TPSA) is 49.8 Å². The van der Waals surface area contributed by atoms with E-state index in [4.69, 9.17) is 4.74 Å². The van der Waals surface area contributed by atoms with Crippen LogP contribution in [0.25, 0.3) is 0 Å². The molecule has 0 aliphatic carbocycles. The molecule has 0 saturated carbocycles. The summed E-state index contributed by atoms with van der Waals surface area (Å²) in [5.41, 5.74) is 1.20. The number of hydrogen-bond acceptors (Lipinski definition) is 4. The zero-order chi connectivity index (χ0) is 21.0. The highest BCUT2D eigenvalue weighted by Crippen LogP contribution is 2.34. The fourth-order valence-corrected chi connectivity index (χ4v) is 3.94. The van der Waals surface area contributed by atoms with Gasteiger partial charge in [-0.3, -0.25) is 9.69 Å². The van der Waals surface area contributed by atoms with Gasteiger partial charge in [0, 0.05) is 26.1 Å². The Balaban J connectivity index is 1.75. The first kappa shape index (κ1) is 21.2. The number of benzene rings is 2. The van der Waals surface area contributed by atoms with Crippen LogP contribution in [0.15, 0.2) is 48.5 Å². The van der Waals surface area contributed by atoms with Gasteiger partial charge in [0.05, 0.1) is 12.7 Å². The van der Waals surface area contributed by atoms with Crippen LogP contribution in [0.4, 0.5) is 13.2 Å². The average Bonchev–Trinajstić information content (AvgIpc) is 2.68. The van der Waals surface area contributed by atoms with Crippen molar-refractivity contribution in [2.45, 2.75) is 31.5 Å². The monoisotopic (exact) mass is 407 g/mol. The van der Waals surface area contributed by atoms with E-state index in [2.05, 4.69) is 4.90 Å². The summed E-state index contributed by atoms with van der Waals surface area (Å²) in [7, 11) is 1.36. The summed E-state index contributed by atoms with van der Waals surface area (Å²) >= 11 is 0. The van der Waals surface area contributed by atoms with Gasteiger partial charge in [0.2, 0.25) is 0 Å². The molecule has 1 heterocycles. The Morgan fingerprint density at radius 3 is 2.34 bits per heavy atom. The van der Waals surface area contributed by atoms with Gasteiger partial charge >= 0.3 is 12.1 Å². The molecule has 1 aliphatic heterocycles. The molecule has 3 rings (SSSR count). The average molecular weight is 407 g/mol. The summed E-state index contributed by atoms with van der Waals surface area (Å²) in [4.78, 5) is 13.9. The van der Waals surface area contributed by atoms with E-state index in [-0.39, 0.29) is 23.6 Å². The number of alkyl halides is 3. The molecule has 1 fully saturated rings. The minimum Gasteiger partial charge on any atom is -0.508 e. The molecule has 0 spiro atoms. The molecule has 0 aromatic heterocycles. The molecule has 4 nitrogen and oxygen atoms in total. The third-order valence-electron chi connectivity index (χ3n) is 5.35. The van der Waals surface area contributed by atoms with Crippen LogP contribution in [0.2, 0.25) is 0 Å². The minimum absolute atomic E-state index is 0.0875. The number of carbonyl (C=O) groups is 1. The van der Waals surface area contributed by atoms with Gasteiger partial charge in [0.1, 0.15) is 5.75 Å². The lowest BCUT2D eigenvalue weighted by Gasteiger charge is -2.38. The first-order chi connectivity index (χ1) is 13.7. The summed E-state index contributed by atoms with van der Waals surface area (Å²) in [5, 5.41) is 9.53. The van der Waals surface area contributed by atoms with Crippen LogP contribution in [0.3, 0.4) is 0 Å². The molecule has 1 aliphatic rings. The number of carbonyl (C=O) groups excluding carboxylic acids is 1. The fourth-order valence-electron chi connectivity index (χ4n) is 3.94. The van der Waals surface area contributed by atoms with Crippen LogP contribution in [-0.2, 0) is 22.3 Å². The van der Waals surface area contributed by atoms with Crippen LogP contribution in [-0.4, -0.2) is 36.2 Å².